The van der Waals surface area contributed by atoms with Crippen LogP contribution in [-0.2, 0) is 13.1 Å². The summed E-state index contributed by atoms with van der Waals surface area (Å²) in [6.07, 6.45) is 1.71. The molecule has 0 atom stereocenters. The molecule has 0 fully saturated rings. The third-order valence-electron chi connectivity index (χ3n) is 2.80. The Kier molecular flexibility index (Phi) is 2.95. The molecule has 0 saturated carbocycles. The van der Waals surface area contributed by atoms with Crippen molar-refractivity contribution in [2.24, 2.45) is 0 Å². The second-order valence-electron chi connectivity index (χ2n) is 3.78. The molecule has 2 rings (SSSR count). The number of nitrogens with zero attached hydrogens (tertiary/aromatic N) is 2. The average Bonchev–Trinajstić information content (AvgIpc) is 2.35. The Balaban J connectivity index is 2.89. The van der Waals surface area contributed by atoms with Crippen molar-refractivity contribution in [1.29, 1.82) is 0 Å². The lowest BCUT2D eigenvalue weighted by atomic mass is 10.2. The van der Waals surface area contributed by atoms with E-state index in [-0.39, 0.29) is 11.9 Å². The molecule has 2 aromatic rings. The second-order valence-corrected chi connectivity index (χ2v) is 3.78. The summed E-state index contributed by atoms with van der Waals surface area (Å²) in [7, 11) is 0. The van der Waals surface area contributed by atoms with Gasteiger partial charge in [-0.1, -0.05) is 27.8 Å². The number of para-hydroxylation sites is 1. The van der Waals surface area contributed by atoms with E-state index in [1.165, 1.54) is 4.57 Å². The van der Waals surface area contributed by atoms with E-state index >= 15 is 0 Å². The number of aromatic nitrogens is 2. The number of fused-ring (bicyclic) bond motifs is 1. The van der Waals surface area contributed by atoms with Crippen LogP contribution in [0.5, 0.6) is 11.9 Å². The first kappa shape index (κ1) is 11.4. The van der Waals surface area contributed by atoms with E-state index in [1.54, 1.807) is 10.6 Å². The van der Waals surface area contributed by atoms with E-state index in [0.717, 1.165) is 5.52 Å². The number of hydrogen-bond donors (Lipinski definition) is 2. The summed E-state index contributed by atoms with van der Waals surface area (Å²) in [5, 5.41) is 20.9. The van der Waals surface area contributed by atoms with Crippen molar-refractivity contribution in [3.05, 3.63) is 36.9 Å². The monoisotopic (exact) mass is 232 g/mol. The zero-order valence-corrected chi connectivity index (χ0v) is 9.80. The van der Waals surface area contributed by atoms with Crippen molar-refractivity contribution in [2.45, 2.75) is 20.0 Å². The van der Waals surface area contributed by atoms with Crippen LogP contribution in [0.1, 0.15) is 6.92 Å². The highest BCUT2D eigenvalue weighted by Crippen LogP contribution is 2.20. The Bertz CT molecular complexity index is 579. The number of rotatable bonds is 3. The molecule has 1 aromatic heterocycles. The van der Waals surface area contributed by atoms with Crippen LogP contribution in [0.3, 0.4) is 0 Å². The van der Waals surface area contributed by atoms with Gasteiger partial charge in [0, 0.05) is 6.07 Å². The molecular formula is C13H16N2O2+2. The van der Waals surface area contributed by atoms with E-state index in [1.807, 2.05) is 31.2 Å². The smallest absolute Gasteiger partial charge is 0.459 e. The minimum atomic E-state index is 0.0311. The highest BCUT2D eigenvalue weighted by Gasteiger charge is 2.31. The molecule has 0 bridgehead atoms. The van der Waals surface area contributed by atoms with E-state index in [0.29, 0.717) is 18.5 Å². The summed E-state index contributed by atoms with van der Waals surface area (Å²) in [4.78, 5) is 0. The summed E-state index contributed by atoms with van der Waals surface area (Å²) in [5.41, 5.74) is 0.784. The summed E-state index contributed by atoms with van der Waals surface area (Å²) >= 11 is 0. The van der Waals surface area contributed by atoms with Gasteiger partial charge >= 0.3 is 11.9 Å². The van der Waals surface area contributed by atoms with Gasteiger partial charge in [0.05, 0.1) is 0 Å². The fraction of sp³-hybridized carbons (Fsp3) is 0.231. The fourth-order valence-electron chi connectivity index (χ4n) is 1.99. The van der Waals surface area contributed by atoms with E-state index in [4.69, 9.17) is 0 Å². The summed E-state index contributed by atoms with van der Waals surface area (Å²) in [6.45, 7) is 6.54. The van der Waals surface area contributed by atoms with Crippen molar-refractivity contribution in [3.8, 4) is 11.9 Å². The molecule has 0 aliphatic heterocycles. The predicted octanol–water partition coefficient (Wildman–Crippen LogP) is 1.03. The normalized spacial score (nSPS) is 10.6. The van der Waals surface area contributed by atoms with E-state index in [9.17, 15) is 10.2 Å². The molecule has 1 aromatic carbocycles. The van der Waals surface area contributed by atoms with Crippen LogP contribution in [0.25, 0.3) is 10.9 Å². The Labute approximate surface area is 99.7 Å². The standard InChI is InChI=1S/C13H14N2O2/c1-3-9-15-11-8-6-5-7-10(11)12(16)14(4-2)13(15)17/h3,5-8H,1,4,9H2,2H3/p+2. The van der Waals surface area contributed by atoms with Crippen LogP contribution in [0.15, 0.2) is 36.9 Å². The number of hydrogen-bond acceptors (Lipinski definition) is 2. The molecule has 17 heavy (non-hydrogen) atoms. The van der Waals surface area contributed by atoms with Gasteiger partial charge in [-0.05, 0) is 19.1 Å². The molecule has 0 aliphatic rings. The van der Waals surface area contributed by atoms with E-state index < -0.39 is 0 Å². The third-order valence-corrected chi connectivity index (χ3v) is 2.80. The molecule has 0 saturated heterocycles. The van der Waals surface area contributed by atoms with Crippen molar-refractivity contribution in [2.75, 3.05) is 0 Å². The van der Waals surface area contributed by atoms with Gasteiger partial charge in [0.25, 0.3) is 0 Å². The topological polar surface area (TPSA) is 48.2 Å². The van der Waals surface area contributed by atoms with E-state index in [2.05, 4.69) is 6.58 Å². The number of aromatic hydroxyl groups is 2. The number of allylic oxidation sites excluding steroid dienone is 1. The highest BCUT2D eigenvalue weighted by molar-refractivity contribution is 5.79. The van der Waals surface area contributed by atoms with Crippen molar-refractivity contribution in [3.63, 3.8) is 0 Å². The Morgan fingerprint density at radius 3 is 2.59 bits per heavy atom. The SMILES string of the molecule is C=CC[n+]1c(O)[n+](CC)c(O)c2ccccc21. The predicted molar refractivity (Wildman–Crippen MR) is 63.5 cm³/mol. The zero-order valence-electron chi connectivity index (χ0n) is 9.80. The van der Waals surface area contributed by atoms with Crippen LogP contribution >= 0.6 is 0 Å². The molecule has 4 nitrogen and oxygen atoms in total. The Morgan fingerprint density at radius 2 is 1.94 bits per heavy atom. The quantitative estimate of drug-likeness (QED) is 0.613. The van der Waals surface area contributed by atoms with Gasteiger partial charge in [-0.3, -0.25) is 0 Å². The fourth-order valence-corrected chi connectivity index (χ4v) is 1.99. The first-order chi connectivity index (χ1) is 8.20. The lowest BCUT2D eigenvalue weighted by Crippen LogP contribution is -2.47. The molecule has 4 heteroatoms. The Morgan fingerprint density at radius 1 is 1.24 bits per heavy atom. The Hall–Kier alpha value is -2.10. The van der Waals surface area contributed by atoms with Crippen LogP contribution in [0, 0.1) is 0 Å². The highest BCUT2D eigenvalue weighted by atomic mass is 16.3. The van der Waals surface area contributed by atoms with Crippen molar-refractivity contribution >= 4 is 10.9 Å². The summed E-state index contributed by atoms with van der Waals surface area (Å²) in [6, 6.07) is 7.45. The van der Waals surface area contributed by atoms with Crippen LogP contribution < -0.4 is 9.13 Å². The number of benzene rings is 1. The van der Waals surface area contributed by atoms with Crippen LogP contribution in [0.2, 0.25) is 0 Å². The van der Waals surface area contributed by atoms with Gasteiger partial charge in [0.1, 0.15) is 0 Å². The molecular weight excluding hydrogens is 216 g/mol. The maximum absolute atomic E-state index is 10.1. The average molecular weight is 232 g/mol. The van der Waals surface area contributed by atoms with Crippen molar-refractivity contribution in [1.82, 2.24) is 0 Å². The van der Waals surface area contributed by atoms with Gasteiger partial charge in [-0.2, -0.15) is 0 Å². The molecule has 0 unspecified atom stereocenters. The molecule has 0 amide bonds. The second kappa shape index (κ2) is 4.41. The van der Waals surface area contributed by atoms with Gasteiger partial charge in [-0.25, -0.2) is 0 Å². The minimum absolute atomic E-state index is 0.0311. The van der Waals surface area contributed by atoms with Gasteiger partial charge in [-0.15, -0.1) is 0 Å². The molecule has 0 radical (unpaired) electrons. The third kappa shape index (κ3) is 1.71. The summed E-state index contributed by atoms with van der Waals surface area (Å²) < 4.78 is 3.18. The van der Waals surface area contributed by atoms with Gasteiger partial charge in [0.15, 0.2) is 18.5 Å². The molecule has 88 valence electrons. The molecule has 0 spiro atoms. The maximum Gasteiger partial charge on any atom is 0.632 e. The molecule has 2 N–H and O–H groups in total. The maximum atomic E-state index is 10.1. The summed E-state index contributed by atoms with van der Waals surface area (Å²) in [5.74, 6) is 0.0842. The molecule has 0 aliphatic carbocycles. The van der Waals surface area contributed by atoms with Crippen LogP contribution in [0.4, 0.5) is 0 Å². The molecule has 1 heterocycles. The first-order valence-electron chi connectivity index (χ1n) is 5.58. The first-order valence-corrected chi connectivity index (χ1v) is 5.58. The zero-order chi connectivity index (χ0) is 12.4. The lowest BCUT2D eigenvalue weighted by Gasteiger charge is -2.02. The van der Waals surface area contributed by atoms with Gasteiger partial charge < -0.3 is 10.2 Å². The van der Waals surface area contributed by atoms with Crippen LogP contribution in [-0.4, -0.2) is 10.2 Å². The lowest BCUT2D eigenvalue weighted by molar-refractivity contribution is -0.816. The van der Waals surface area contributed by atoms with Crippen molar-refractivity contribution < 1.29 is 19.3 Å². The largest absolute Gasteiger partial charge is 0.632 e. The minimum Gasteiger partial charge on any atom is -0.459 e. The van der Waals surface area contributed by atoms with Gasteiger partial charge in [0.2, 0.25) is 5.52 Å².